The van der Waals surface area contributed by atoms with Crippen molar-refractivity contribution in [3.8, 4) is 0 Å². The van der Waals surface area contributed by atoms with E-state index in [1.165, 1.54) is 39.0 Å². The molecule has 0 aromatic rings. The van der Waals surface area contributed by atoms with Gasteiger partial charge in [-0.05, 0) is 50.2 Å². The van der Waals surface area contributed by atoms with Crippen molar-refractivity contribution in [2.75, 3.05) is 26.2 Å². The second kappa shape index (κ2) is 4.84. The van der Waals surface area contributed by atoms with Crippen LogP contribution in [0.25, 0.3) is 0 Å². The zero-order valence-electron chi connectivity index (χ0n) is 10.5. The second-order valence-corrected chi connectivity index (χ2v) is 5.87. The van der Waals surface area contributed by atoms with Crippen molar-refractivity contribution in [3.05, 3.63) is 0 Å². The van der Waals surface area contributed by atoms with Crippen LogP contribution in [0.4, 0.5) is 0 Å². The third-order valence-corrected chi connectivity index (χ3v) is 4.47. The van der Waals surface area contributed by atoms with Crippen molar-refractivity contribution in [2.45, 2.75) is 39.7 Å². The number of hydrogen-bond donors (Lipinski definition) is 1. The molecule has 0 aromatic heterocycles. The minimum Gasteiger partial charge on any atom is -0.313 e. The van der Waals surface area contributed by atoms with Gasteiger partial charge >= 0.3 is 0 Å². The van der Waals surface area contributed by atoms with Crippen LogP contribution in [0, 0.1) is 17.8 Å². The van der Waals surface area contributed by atoms with Crippen LogP contribution < -0.4 is 5.32 Å². The van der Waals surface area contributed by atoms with Crippen molar-refractivity contribution in [3.63, 3.8) is 0 Å². The van der Waals surface area contributed by atoms with Gasteiger partial charge in [0.2, 0.25) is 0 Å². The number of hydrogen-bond acceptors (Lipinski definition) is 2. The van der Waals surface area contributed by atoms with Gasteiger partial charge in [-0.1, -0.05) is 20.8 Å². The van der Waals surface area contributed by atoms with E-state index in [1.54, 1.807) is 0 Å². The molecule has 1 N–H and O–H groups in total. The van der Waals surface area contributed by atoms with Crippen LogP contribution in [0.1, 0.15) is 33.6 Å². The molecule has 0 radical (unpaired) electrons. The van der Waals surface area contributed by atoms with E-state index >= 15 is 0 Å². The maximum Gasteiger partial charge on any atom is 0.0120 e. The maximum absolute atomic E-state index is 3.80. The Kier molecular flexibility index (Phi) is 3.68. The fraction of sp³-hybridized carbons (Fsp3) is 1.00. The summed E-state index contributed by atoms with van der Waals surface area (Å²) < 4.78 is 0. The quantitative estimate of drug-likeness (QED) is 0.763. The lowest BCUT2D eigenvalue weighted by molar-refractivity contribution is 0.212. The molecule has 0 spiro atoms. The zero-order valence-corrected chi connectivity index (χ0v) is 10.5. The third-order valence-electron chi connectivity index (χ3n) is 4.47. The highest BCUT2D eigenvalue weighted by Gasteiger charge is 2.33. The van der Waals surface area contributed by atoms with Crippen molar-refractivity contribution >= 4 is 0 Å². The molecule has 4 atom stereocenters. The summed E-state index contributed by atoms with van der Waals surface area (Å²) in [6.07, 6.45) is 2.79. The summed E-state index contributed by atoms with van der Waals surface area (Å²) in [7, 11) is 0. The van der Waals surface area contributed by atoms with Crippen LogP contribution in [-0.4, -0.2) is 37.1 Å². The number of nitrogens with one attached hydrogen (secondary N) is 1. The molecule has 2 heterocycles. The highest BCUT2D eigenvalue weighted by Crippen LogP contribution is 2.27. The van der Waals surface area contributed by atoms with Gasteiger partial charge in [0.25, 0.3) is 0 Å². The molecule has 2 fully saturated rings. The summed E-state index contributed by atoms with van der Waals surface area (Å²) in [5, 5.41) is 3.80. The van der Waals surface area contributed by atoms with Gasteiger partial charge in [0.15, 0.2) is 0 Å². The Morgan fingerprint density at radius 3 is 2.67 bits per heavy atom. The molecule has 2 rings (SSSR count). The second-order valence-electron chi connectivity index (χ2n) is 5.87. The molecular formula is C13H26N2. The zero-order chi connectivity index (χ0) is 10.8. The van der Waals surface area contributed by atoms with Crippen LogP contribution in [0.2, 0.25) is 0 Å². The molecule has 15 heavy (non-hydrogen) atoms. The smallest absolute Gasteiger partial charge is 0.0120 e. The van der Waals surface area contributed by atoms with Gasteiger partial charge in [0.05, 0.1) is 0 Å². The largest absolute Gasteiger partial charge is 0.313 e. The number of fused-ring (bicyclic) bond motifs is 2. The SMILES string of the molecule is CC(C)C(C)CNC1CCN2CCC1C2. The molecule has 2 aliphatic rings. The Hall–Kier alpha value is -0.0800. The minimum absolute atomic E-state index is 0.807. The minimum atomic E-state index is 0.807. The fourth-order valence-electron chi connectivity index (χ4n) is 2.79. The van der Waals surface area contributed by atoms with Crippen LogP contribution >= 0.6 is 0 Å². The number of piperidine rings is 1. The van der Waals surface area contributed by atoms with Gasteiger partial charge < -0.3 is 10.2 Å². The molecule has 4 unspecified atom stereocenters. The Labute approximate surface area is 94.4 Å². The summed E-state index contributed by atoms with van der Waals surface area (Å²) >= 11 is 0. The summed E-state index contributed by atoms with van der Waals surface area (Å²) in [4.78, 5) is 2.62. The Morgan fingerprint density at radius 1 is 1.20 bits per heavy atom. The maximum atomic E-state index is 3.80. The normalized spacial score (nSPS) is 37.2. The lowest BCUT2D eigenvalue weighted by Crippen LogP contribution is -2.45. The summed E-state index contributed by atoms with van der Waals surface area (Å²) in [5.41, 5.74) is 0. The van der Waals surface area contributed by atoms with Crippen molar-refractivity contribution < 1.29 is 0 Å². The molecule has 0 amide bonds. The first-order valence-electron chi connectivity index (χ1n) is 6.62. The average Bonchev–Trinajstić information content (AvgIpc) is 2.59. The van der Waals surface area contributed by atoms with Gasteiger partial charge in [-0.15, -0.1) is 0 Å². The molecule has 2 bridgehead atoms. The average molecular weight is 210 g/mol. The van der Waals surface area contributed by atoms with E-state index in [0.29, 0.717) is 0 Å². The molecule has 0 aromatic carbocycles. The Bertz CT molecular complexity index is 203. The predicted octanol–water partition coefficient (Wildman–Crippen LogP) is 1.96. The molecule has 2 heteroatoms. The first-order valence-corrected chi connectivity index (χ1v) is 6.62. The molecule has 2 aliphatic heterocycles. The predicted molar refractivity (Wildman–Crippen MR) is 65.0 cm³/mol. The van der Waals surface area contributed by atoms with E-state index in [9.17, 15) is 0 Å². The monoisotopic (exact) mass is 210 g/mol. The van der Waals surface area contributed by atoms with Crippen LogP contribution in [0.15, 0.2) is 0 Å². The molecule has 0 saturated carbocycles. The van der Waals surface area contributed by atoms with E-state index in [1.807, 2.05) is 0 Å². The van der Waals surface area contributed by atoms with Gasteiger partial charge in [0, 0.05) is 12.6 Å². The Morgan fingerprint density at radius 2 is 1.93 bits per heavy atom. The van der Waals surface area contributed by atoms with Crippen LogP contribution in [0.5, 0.6) is 0 Å². The first-order chi connectivity index (χ1) is 7.16. The first kappa shape index (κ1) is 11.4. The van der Waals surface area contributed by atoms with E-state index < -0.39 is 0 Å². The van der Waals surface area contributed by atoms with Gasteiger partial charge in [-0.3, -0.25) is 0 Å². The molecule has 0 aliphatic carbocycles. The van der Waals surface area contributed by atoms with Crippen LogP contribution in [-0.2, 0) is 0 Å². The van der Waals surface area contributed by atoms with Gasteiger partial charge in [0.1, 0.15) is 0 Å². The highest BCUT2D eigenvalue weighted by molar-refractivity contribution is 4.90. The van der Waals surface area contributed by atoms with Crippen molar-refractivity contribution in [1.29, 1.82) is 0 Å². The van der Waals surface area contributed by atoms with Gasteiger partial charge in [-0.2, -0.15) is 0 Å². The van der Waals surface area contributed by atoms with E-state index in [-0.39, 0.29) is 0 Å². The summed E-state index contributed by atoms with van der Waals surface area (Å²) in [6.45, 7) is 12.2. The number of rotatable bonds is 4. The number of nitrogens with zero attached hydrogens (tertiary/aromatic N) is 1. The summed E-state index contributed by atoms with van der Waals surface area (Å²) in [6, 6.07) is 0.810. The molecular weight excluding hydrogens is 184 g/mol. The Balaban J connectivity index is 1.75. The van der Waals surface area contributed by atoms with E-state index in [2.05, 4.69) is 31.0 Å². The van der Waals surface area contributed by atoms with E-state index in [4.69, 9.17) is 0 Å². The standard InChI is InChI=1S/C13H26N2/c1-10(2)11(3)8-14-13-5-7-15-6-4-12(13)9-15/h10-14H,4-9H2,1-3H3. The lowest BCUT2D eigenvalue weighted by Gasteiger charge is -2.32. The molecule has 2 saturated heterocycles. The molecule has 2 nitrogen and oxygen atoms in total. The van der Waals surface area contributed by atoms with Crippen LogP contribution in [0.3, 0.4) is 0 Å². The highest BCUT2D eigenvalue weighted by atomic mass is 15.2. The van der Waals surface area contributed by atoms with Crippen molar-refractivity contribution in [2.24, 2.45) is 17.8 Å². The third kappa shape index (κ3) is 2.73. The van der Waals surface area contributed by atoms with Gasteiger partial charge in [-0.25, -0.2) is 0 Å². The van der Waals surface area contributed by atoms with Crippen molar-refractivity contribution in [1.82, 2.24) is 10.2 Å². The summed E-state index contributed by atoms with van der Waals surface area (Å²) in [5.74, 6) is 2.56. The molecule has 88 valence electrons. The fourth-order valence-corrected chi connectivity index (χ4v) is 2.79. The lowest BCUT2D eigenvalue weighted by atomic mass is 9.92. The van der Waals surface area contributed by atoms with E-state index in [0.717, 1.165) is 23.8 Å². The topological polar surface area (TPSA) is 15.3 Å².